The van der Waals surface area contributed by atoms with Crippen molar-refractivity contribution in [3.8, 4) is 5.75 Å². The number of benzene rings is 1. The molecule has 0 spiro atoms. The Morgan fingerprint density at radius 3 is 2.93 bits per heavy atom. The minimum atomic E-state index is 0.166. The summed E-state index contributed by atoms with van der Waals surface area (Å²) in [5, 5.41) is 0. The second-order valence-electron chi connectivity index (χ2n) is 4.54. The number of Topliss-reactive ketones (excluding diaryl/α,β-unsaturated/α-hetero) is 1. The Kier molecular flexibility index (Phi) is 2.76. The van der Waals surface area contributed by atoms with Crippen LogP contribution in [-0.4, -0.2) is 12.4 Å². The van der Waals surface area contributed by atoms with Gasteiger partial charge in [-0.25, -0.2) is 0 Å². The van der Waals surface area contributed by atoms with Gasteiger partial charge in [0.25, 0.3) is 0 Å². The largest absolute Gasteiger partial charge is 0.486 e. The summed E-state index contributed by atoms with van der Waals surface area (Å²) in [6, 6.07) is 6.19. The first-order valence-corrected chi connectivity index (χ1v) is 5.41. The van der Waals surface area contributed by atoms with Crippen LogP contribution < -0.4 is 4.74 Å². The predicted octanol–water partition coefficient (Wildman–Crippen LogP) is 2.39. The summed E-state index contributed by atoms with van der Waals surface area (Å²) in [6.45, 7) is 4.63. The maximum atomic E-state index is 11.2. The van der Waals surface area contributed by atoms with Crippen molar-refractivity contribution in [3.63, 3.8) is 0 Å². The van der Waals surface area contributed by atoms with Crippen molar-refractivity contribution in [2.45, 2.75) is 26.7 Å². The summed E-state index contributed by atoms with van der Waals surface area (Å²) in [7, 11) is 0. The topological polar surface area (TPSA) is 26.3 Å². The van der Waals surface area contributed by atoms with Gasteiger partial charge >= 0.3 is 0 Å². The molecule has 0 atom stereocenters. The average molecular weight is 204 g/mol. The molecule has 1 aliphatic rings. The molecule has 0 aliphatic carbocycles. The quantitative estimate of drug-likeness (QED) is 0.739. The normalized spacial score (nSPS) is 15.0. The molecule has 0 fully saturated rings. The van der Waals surface area contributed by atoms with E-state index in [0.717, 1.165) is 17.7 Å². The molecule has 0 radical (unpaired) electrons. The van der Waals surface area contributed by atoms with Crippen molar-refractivity contribution < 1.29 is 9.53 Å². The Bertz CT molecular complexity index is 380. The van der Waals surface area contributed by atoms with Crippen LogP contribution in [0.2, 0.25) is 0 Å². The molecular weight excluding hydrogens is 188 g/mol. The Morgan fingerprint density at radius 1 is 1.40 bits per heavy atom. The highest BCUT2D eigenvalue weighted by Crippen LogP contribution is 2.25. The standard InChI is InChI=1S/C13H16O2/c1-9(2)5-10-3-4-11-7-12(14)8-15-13(11)6-10/h3-4,6,9H,5,7-8H2,1-2H3. The monoisotopic (exact) mass is 204 g/mol. The molecule has 1 heterocycles. The SMILES string of the molecule is CC(C)Cc1ccc2c(c1)OCC(=O)C2. The van der Waals surface area contributed by atoms with Gasteiger partial charge in [0.05, 0.1) is 0 Å². The molecule has 2 heteroatoms. The third kappa shape index (κ3) is 2.38. The molecule has 2 nitrogen and oxygen atoms in total. The van der Waals surface area contributed by atoms with Gasteiger partial charge in [-0.1, -0.05) is 26.0 Å². The first-order valence-electron chi connectivity index (χ1n) is 5.41. The van der Waals surface area contributed by atoms with E-state index in [-0.39, 0.29) is 12.4 Å². The highest BCUT2D eigenvalue weighted by molar-refractivity contribution is 5.84. The molecule has 15 heavy (non-hydrogen) atoms. The Morgan fingerprint density at radius 2 is 2.20 bits per heavy atom. The molecule has 0 unspecified atom stereocenters. The summed E-state index contributed by atoms with van der Waals surface area (Å²) in [5.41, 5.74) is 2.32. The fraction of sp³-hybridized carbons (Fsp3) is 0.462. The van der Waals surface area contributed by atoms with E-state index >= 15 is 0 Å². The van der Waals surface area contributed by atoms with Crippen LogP contribution in [0.15, 0.2) is 18.2 Å². The van der Waals surface area contributed by atoms with Gasteiger partial charge in [0.1, 0.15) is 12.4 Å². The number of ether oxygens (including phenoxy) is 1. The van der Waals surface area contributed by atoms with Gasteiger partial charge in [0, 0.05) is 12.0 Å². The minimum Gasteiger partial charge on any atom is -0.486 e. The van der Waals surface area contributed by atoms with E-state index in [1.807, 2.05) is 6.07 Å². The smallest absolute Gasteiger partial charge is 0.174 e. The number of fused-ring (bicyclic) bond motifs is 1. The van der Waals surface area contributed by atoms with Crippen LogP contribution in [0.5, 0.6) is 5.75 Å². The van der Waals surface area contributed by atoms with E-state index < -0.39 is 0 Å². The second-order valence-corrected chi connectivity index (χ2v) is 4.54. The Hall–Kier alpha value is -1.31. The van der Waals surface area contributed by atoms with Crippen LogP contribution in [0.1, 0.15) is 25.0 Å². The molecular formula is C13H16O2. The lowest BCUT2D eigenvalue weighted by atomic mass is 9.98. The molecule has 0 N–H and O–H groups in total. The van der Waals surface area contributed by atoms with Crippen molar-refractivity contribution in [3.05, 3.63) is 29.3 Å². The summed E-state index contributed by atoms with van der Waals surface area (Å²) in [5.74, 6) is 1.71. The lowest BCUT2D eigenvalue weighted by Crippen LogP contribution is -2.20. The van der Waals surface area contributed by atoms with Crippen LogP contribution >= 0.6 is 0 Å². The number of hydrogen-bond donors (Lipinski definition) is 0. The van der Waals surface area contributed by atoms with Crippen LogP contribution in [0.25, 0.3) is 0 Å². The maximum Gasteiger partial charge on any atom is 0.174 e. The predicted molar refractivity (Wildman–Crippen MR) is 59.2 cm³/mol. The zero-order valence-electron chi connectivity index (χ0n) is 9.25. The molecule has 0 bridgehead atoms. The molecule has 80 valence electrons. The molecule has 2 rings (SSSR count). The third-order valence-electron chi connectivity index (χ3n) is 2.55. The zero-order chi connectivity index (χ0) is 10.8. The highest BCUT2D eigenvalue weighted by Gasteiger charge is 2.16. The van der Waals surface area contributed by atoms with E-state index in [9.17, 15) is 4.79 Å². The lowest BCUT2D eigenvalue weighted by Gasteiger charge is -2.17. The van der Waals surface area contributed by atoms with Crippen LogP contribution in [0.3, 0.4) is 0 Å². The van der Waals surface area contributed by atoms with Gasteiger partial charge in [-0.05, 0) is 24.0 Å². The average Bonchev–Trinajstić information content (AvgIpc) is 2.17. The summed E-state index contributed by atoms with van der Waals surface area (Å²) in [6.07, 6.45) is 1.59. The number of carbonyl (C=O) groups excluding carboxylic acids is 1. The third-order valence-corrected chi connectivity index (χ3v) is 2.55. The molecule has 1 aromatic rings. The Balaban J connectivity index is 2.23. The van der Waals surface area contributed by atoms with Crippen molar-refractivity contribution in [1.29, 1.82) is 0 Å². The molecule has 0 aromatic heterocycles. The van der Waals surface area contributed by atoms with E-state index in [1.165, 1.54) is 5.56 Å². The summed E-state index contributed by atoms with van der Waals surface area (Å²) in [4.78, 5) is 11.2. The van der Waals surface area contributed by atoms with Crippen molar-refractivity contribution in [2.75, 3.05) is 6.61 Å². The second kappa shape index (κ2) is 4.05. The van der Waals surface area contributed by atoms with Gasteiger partial charge in [-0.2, -0.15) is 0 Å². The first kappa shape index (κ1) is 10.2. The molecule has 0 saturated carbocycles. The fourth-order valence-electron chi connectivity index (χ4n) is 1.90. The van der Waals surface area contributed by atoms with E-state index in [1.54, 1.807) is 0 Å². The minimum absolute atomic E-state index is 0.166. The Labute approximate surface area is 90.3 Å². The fourth-order valence-corrected chi connectivity index (χ4v) is 1.90. The van der Waals surface area contributed by atoms with Gasteiger partial charge in [-0.3, -0.25) is 4.79 Å². The van der Waals surface area contributed by atoms with E-state index in [0.29, 0.717) is 12.3 Å². The molecule has 0 amide bonds. The van der Waals surface area contributed by atoms with E-state index in [2.05, 4.69) is 26.0 Å². The number of ketones is 1. The van der Waals surface area contributed by atoms with Crippen LogP contribution in [-0.2, 0) is 17.6 Å². The number of hydrogen-bond acceptors (Lipinski definition) is 2. The molecule has 0 saturated heterocycles. The van der Waals surface area contributed by atoms with E-state index in [4.69, 9.17) is 4.74 Å². The molecule has 1 aliphatic heterocycles. The highest BCUT2D eigenvalue weighted by atomic mass is 16.5. The van der Waals surface area contributed by atoms with Crippen molar-refractivity contribution in [1.82, 2.24) is 0 Å². The van der Waals surface area contributed by atoms with Gasteiger partial charge < -0.3 is 4.74 Å². The first-order chi connectivity index (χ1) is 7.15. The van der Waals surface area contributed by atoms with Crippen LogP contribution in [0.4, 0.5) is 0 Å². The summed E-state index contributed by atoms with van der Waals surface area (Å²) < 4.78 is 5.41. The molecule has 1 aromatic carbocycles. The van der Waals surface area contributed by atoms with Gasteiger partial charge in [0.2, 0.25) is 0 Å². The maximum absolute atomic E-state index is 11.2. The van der Waals surface area contributed by atoms with Crippen molar-refractivity contribution in [2.24, 2.45) is 5.92 Å². The number of rotatable bonds is 2. The van der Waals surface area contributed by atoms with Gasteiger partial charge in [0.15, 0.2) is 5.78 Å². The van der Waals surface area contributed by atoms with Gasteiger partial charge in [-0.15, -0.1) is 0 Å². The van der Waals surface area contributed by atoms with Crippen molar-refractivity contribution >= 4 is 5.78 Å². The van der Waals surface area contributed by atoms with Crippen LogP contribution in [0, 0.1) is 5.92 Å². The summed E-state index contributed by atoms with van der Waals surface area (Å²) >= 11 is 0. The zero-order valence-corrected chi connectivity index (χ0v) is 9.25. The lowest BCUT2D eigenvalue weighted by molar-refractivity contribution is -0.121. The number of carbonyl (C=O) groups is 1.